The molecule has 2 N–H and O–H groups in total. The molecule has 4 rings (SSSR count). The maximum Gasteiger partial charge on any atom is 0.102 e. The molecular formula is C15H12N4S2. The third kappa shape index (κ3) is 2.40. The third-order valence-electron chi connectivity index (χ3n) is 3.46. The van der Waals surface area contributed by atoms with E-state index in [-0.39, 0.29) is 0 Å². The van der Waals surface area contributed by atoms with Crippen molar-refractivity contribution < 1.29 is 0 Å². The second-order valence-electron chi connectivity index (χ2n) is 4.93. The molecule has 4 heterocycles. The second-order valence-corrected chi connectivity index (χ2v) is 6.84. The Morgan fingerprint density at radius 2 is 2.38 bits per heavy atom. The molecule has 3 aromatic heterocycles. The highest BCUT2D eigenvalue weighted by Gasteiger charge is 2.25. The Morgan fingerprint density at radius 3 is 3.10 bits per heavy atom. The molecule has 3 aromatic rings. The van der Waals surface area contributed by atoms with E-state index >= 15 is 0 Å². The number of thiophene rings is 2. The van der Waals surface area contributed by atoms with Crippen LogP contribution in [0.4, 0.5) is 5.69 Å². The van der Waals surface area contributed by atoms with Gasteiger partial charge in [-0.15, -0.1) is 22.7 Å². The molecule has 1 unspecified atom stereocenters. The van der Waals surface area contributed by atoms with Gasteiger partial charge < -0.3 is 10.6 Å². The summed E-state index contributed by atoms with van der Waals surface area (Å²) in [4.78, 5) is 5.96. The second kappa shape index (κ2) is 5.11. The van der Waals surface area contributed by atoms with E-state index in [0.717, 1.165) is 34.7 Å². The topological polar surface area (TPSA) is 70.7 Å². The molecule has 0 spiro atoms. The minimum atomic E-state index is 0.336. The molecule has 104 valence electrons. The summed E-state index contributed by atoms with van der Waals surface area (Å²) in [5.74, 6) is 0. The number of hydrogen-bond donors (Lipinski definition) is 2. The molecular weight excluding hydrogens is 300 g/mol. The Labute approximate surface area is 130 Å². The number of hydrogen-bond acceptors (Lipinski definition) is 6. The van der Waals surface area contributed by atoms with E-state index < -0.39 is 0 Å². The van der Waals surface area contributed by atoms with Crippen LogP contribution in [0.1, 0.15) is 22.2 Å². The average Bonchev–Trinajstić information content (AvgIpc) is 3.07. The fourth-order valence-electron chi connectivity index (χ4n) is 2.28. The molecule has 1 aliphatic rings. The van der Waals surface area contributed by atoms with Crippen molar-refractivity contribution in [3.8, 4) is 6.07 Å². The van der Waals surface area contributed by atoms with Crippen molar-refractivity contribution in [2.75, 3.05) is 11.9 Å². The first kappa shape index (κ1) is 12.8. The maximum absolute atomic E-state index is 9.22. The van der Waals surface area contributed by atoms with Crippen LogP contribution < -0.4 is 10.6 Å². The number of pyridine rings is 1. The Bertz CT molecular complexity index is 825. The fourth-order valence-corrected chi connectivity index (χ4v) is 3.85. The largest absolute Gasteiger partial charge is 0.379 e. The van der Waals surface area contributed by atoms with Gasteiger partial charge in [-0.25, -0.2) is 4.98 Å². The third-order valence-corrected chi connectivity index (χ3v) is 5.34. The molecule has 21 heavy (non-hydrogen) atoms. The molecule has 4 nitrogen and oxygen atoms in total. The van der Waals surface area contributed by atoms with Crippen molar-refractivity contribution >= 4 is 38.6 Å². The number of nitriles is 1. The SMILES string of the molecule is N#Cc1csc2c(NCc3cccs3)cc(C3CN3)nc12. The molecule has 0 radical (unpaired) electrons. The molecule has 0 amide bonds. The maximum atomic E-state index is 9.22. The van der Waals surface area contributed by atoms with Crippen molar-refractivity contribution in [3.05, 3.63) is 45.1 Å². The average molecular weight is 312 g/mol. The predicted molar refractivity (Wildman–Crippen MR) is 86.7 cm³/mol. The smallest absolute Gasteiger partial charge is 0.102 e. The van der Waals surface area contributed by atoms with Gasteiger partial charge in [-0.1, -0.05) is 6.07 Å². The van der Waals surface area contributed by atoms with Crippen molar-refractivity contribution in [2.45, 2.75) is 12.6 Å². The Balaban J connectivity index is 1.75. The van der Waals surface area contributed by atoms with Crippen LogP contribution >= 0.6 is 22.7 Å². The van der Waals surface area contributed by atoms with E-state index in [1.165, 1.54) is 4.88 Å². The fraction of sp³-hybridized carbons (Fsp3) is 0.200. The predicted octanol–water partition coefficient (Wildman–Crippen LogP) is 3.49. The summed E-state index contributed by atoms with van der Waals surface area (Å²) >= 11 is 3.32. The van der Waals surface area contributed by atoms with Crippen LogP contribution in [0.3, 0.4) is 0 Å². The van der Waals surface area contributed by atoms with Crippen LogP contribution in [0.15, 0.2) is 29.0 Å². The molecule has 1 saturated heterocycles. The van der Waals surface area contributed by atoms with Crippen molar-refractivity contribution in [1.29, 1.82) is 5.26 Å². The van der Waals surface area contributed by atoms with Gasteiger partial charge in [-0.3, -0.25) is 0 Å². The molecule has 0 aliphatic carbocycles. The normalized spacial score (nSPS) is 16.8. The molecule has 1 atom stereocenters. The Hall–Kier alpha value is -1.94. The van der Waals surface area contributed by atoms with Gasteiger partial charge in [0.05, 0.1) is 27.7 Å². The van der Waals surface area contributed by atoms with Crippen molar-refractivity contribution in [3.63, 3.8) is 0 Å². The van der Waals surface area contributed by atoms with Crippen LogP contribution in [0.5, 0.6) is 0 Å². The van der Waals surface area contributed by atoms with Gasteiger partial charge in [0.2, 0.25) is 0 Å². The summed E-state index contributed by atoms with van der Waals surface area (Å²) < 4.78 is 1.06. The monoisotopic (exact) mass is 312 g/mol. The van der Waals surface area contributed by atoms with E-state index in [0.29, 0.717) is 11.6 Å². The van der Waals surface area contributed by atoms with Crippen LogP contribution in [0.25, 0.3) is 10.2 Å². The molecule has 1 aliphatic heterocycles. The summed E-state index contributed by atoms with van der Waals surface area (Å²) in [6.45, 7) is 1.77. The Kier molecular flexibility index (Phi) is 3.11. The minimum absolute atomic E-state index is 0.336. The van der Waals surface area contributed by atoms with Crippen LogP contribution in [0, 0.1) is 11.3 Å². The van der Waals surface area contributed by atoms with Crippen LogP contribution in [0.2, 0.25) is 0 Å². The van der Waals surface area contributed by atoms with E-state index in [4.69, 9.17) is 0 Å². The summed E-state index contributed by atoms with van der Waals surface area (Å²) in [6, 6.07) is 8.86. The Morgan fingerprint density at radius 1 is 1.48 bits per heavy atom. The van der Waals surface area contributed by atoms with Gasteiger partial charge in [0.15, 0.2) is 0 Å². The first-order valence-electron chi connectivity index (χ1n) is 6.67. The summed E-state index contributed by atoms with van der Waals surface area (Å²) in [6.07, 6.45) is 0. The minimum Gasteiger partial charge on any atom is -0.379 e. The number of nitrogens with one attached hydrogen (secondary N) is 2. The van der Waals surface area contributed by atoms with E-state index in [2.05, 4.69) is 45.3 Å². The van der Waals surface area contributed by atoms with Gasteiger partial charge in [0, 0.05) is 23.3 Å². The first-order chi connectivity index (χ1) is 10.3. The molecule has 1 fully saturated rings. The summed E-state index contributed by atoms with van der Waals surface area (Å²) in [5.41, 5.74) is 3.58. The zero-order valence-electron chi connectivity index (χ0n) is 11.1. The van der Waals surface area contributed by atoms with Gasteiger partial charge >= 0.3 is 0 Å². The van der Waals surface area contributed by atoms with Crippen molar-refractivity contribution in [1.82, 2.24) is 10.3 Å². The van der Waals surface area contributed by atoms with Crippen LogP contribution in [-0.4, -0.2) is 11.5 Å². The van der Waals surface area contributed by atoms with E-state index in [9.17, 15) is 5.26 Å². The highest BCUT2D eigenvalue weighted by atomic mass is 32.1. The van der Waals surface area contributed by atoms with Gasteiger partial charge in [0.25, 0.3) is 0 Å². The molecule has 0 bridgehead atoms. The first-order valence-corrected chi connectivity index (χ1v) is 8.43. The van der Waals surface area contributed by atoms with E-state index in [1.54, 1.807) is 22.7 Å². The highest BCUT2D eigenvalue weighted by Crippen LogP contribution is 2.34. The van der Waals surface area contributed by atoms with Gasteiger partial charge in [0.1, 0.15) is 11.6 Å². The lowest BCUT2D eigenvalue weighted by molar-refractivity contribution is 1.01. The van der Waals surface area contributed by atoms with Gasteiger partial charge in [-0.2, -0.15) is 5.26 Å². The summed E-state index contributed by atoms with van der Waals surface area (Å²) in [7, 11) is 0. The lowest BCUT2D eigenvalue weighted by atomic mass is 10.2. The zero-order valence-corrected chi connectivity index (χ0v) is 12.7. The lowest BCUT2D eigenvalue weighted by Crippen LogP contribution is -2.00. The summed E-state index contributed by atoms with van der Waals surface area (Å²) in [5, 5.41) is 20.0. The molecule has 0 saturated carbocycles. The number of aromatic nitrogens is 1. The van der Waals surface area contributed by atoms with Crippen LogP contribution in [-0.2, 0) is 6.54 Å². The zero-order chi connectivity index (χ0) is 14.2. The molecule has 0 aromatic carbocycles. The number of fused-ring (bicyclic) bond motifs is 1. The van der Waals surface area contributed by atoms with Gasteiger partial charge in [-0.05, 0) is 17.5 Å². The lowest BCUT2D eigenvalue weighted by Gasteiger charge is -2.08. The number of anilines is 1. The standard InChI is InChI=1S/C15H12N4S2/c16-5-9-8-21-15-12(17-6-10-2-1-3-20-10)4-11(13-7-18-13)19-14(9)15/h1-4,8,13,18H,6-7H2,(H,17,19). The number of rotatable bonds is 4. The van der Waals surface area contributed by atoms with E-state index in [1.807, 2.05) is 5.38 Å². The quantitative estimate of drug-likeness (QED) is 0.724. The van der Waals surface area contributed by atoms with Crippen molar-refractivity contribution in [2.24, 2.45) is 0 Å². The molecule has 6 heteroatoms. The highest BCUT2D eigenvalue weighted by molar-refractivity contribution is 7.18. The number of nitrogens with zero attached hydrogens (tertiary/aromatic N) is 2.